The minimum atomic E-state index is 0.0310. The van der Waals surface area contributed by atoms with Crippen LogP contribution in [-0.2, 0) is 0 Å². The third-order valence-corrected chi connectivity index (χ3v) is 3.76. The second-order valence-electron chi connectivity index (χ2n) is 5.10. The van der Waals surface area contributed by atoms with Crippen LogP contribution in [-0.4, -0.2) is 21.5 Å². The molecule has 0 saturated heterocycles. The van der Waals surface area contributed by atoms with Gasteiger partial charge in [0.2, 0.25) is 0 Å². The first kappa shape index (κ1) is 16.6. The number of nitrogens with zero attached hydrogens (tertiary/aromatic N) is 2. The molecule has 3 rings (SSSR count). The lowest BCUT2D eigenvalue weighted by atomic mass is 10.1. The van der Waals surface area contributed by atoms with Crippen LogP contribution in [0.5, 0.6) is 0 Å². The third kappa shape index (κ3) is 3.80. The average Bonchev–Trinajstić information content (AvgIpc) is 2.99. The molecule has 0 fully saturated rings. The fourth-order valence-electron chi connectivity index (χ4n) is 2.29. The summed E-state index contributed by atoms with van der Waals surface area (Å²) in [5.74, 6) is 5.99. The van der Waals surface area contributed by atoms with Gasteiger partial charge in [-0.3, -0.25) is 0 Å². The predicted octanol–water partition coefficient (Wildman–Crippen LogP) is 4.58. The van der Waals surface area contributed by atoms with Gasteiger partial charge in [-0.25, -0.2) is 4.68 Å². The van der Waals surface area contributed by atoms with Crippen molar-refractivity contribution in [2.45, 2.75) is 6.42 Å². The lowest BCUT2D eigenvalue weighted by Gasteiger charge is -2.03. The lowest BCUT2D eigenvalue weighted by Crippen LogP contribution is -1.99. The molecule has 0 bridgehead atoms. The summed E-state index contributed by atoms with van der Waals surface area (Å²) in [5.41, 5.74) is 3.20. The first-order chi connectivity index (χ1) is 11.7. The molecule has 0 aliphatic heterocycles. The monoisotopic (exact) mass is 356 g/mol. The van der Waals surface area contributed by atoms with E-state index in [4.69, 9.17) is 28.3 Å². The minimum absolute atomic E-state index is 0.0310. The van der Waals surface area contributed by atoms with Gasteiger partial charge >= 0.3 is 0 Å². The van der Waals surface area contributed by atoms with Crippen LogP contribution in [0.3, 0.4) is 0 Å². The molecule has 5 heteroatoms. The maximum atomic E-state index is 8.92. The van der Waals surface area contributed by atoms with E-state index in [0.717, 1.165) is 22.6 Å². The third-order valence-electron chi connectivity index (χ3n) is 3.32. The fourth-order valence-corrected chi connectivity index (χ4v) is 2.81. The molecule has 1 aromatic heterocycles. The van der Waals surface area contributed by atoms with Gasteiger partial charge in [0.25, 0.3) is 0 Å². The van der Waals surface area contributed by atoms with E-state index in [9.17, 15) is 0 Å². The van der Waals surface area contributed by atoms with Crippen LogP contribution in [0, 0.1) is 11.8 Å². The number of hydrogen-bond donors (Lipinski definition) is 1. The molecule has 0 spiro atoms. The number of aliphatic hydroxyl groups excluding tert-OH is 1. The summed E-state index contributed by atoms with van der Waals surface area (Å²) in [4.78, 5) is 0. The van der Waals surface area contributed by atoms with Crippen LogP contribution in [0.2, 0.25) is 10.0 Å². The number of halogens is 2. The summed E-state index contributed by atoms with van der Waals surface area (Å²) in [6.07, 6.45) is 0.415. The highest BCUT2D eigenvalue weighted by atomic mass is 35.5. The van der Waals surface area contributed by atoms with Gasteiger partial charge in [0.1, 0.15) is 5.69 Å². The van der Waals surface area contributed by atoms with Crippen molar-refractivity contribution in [1.82, 2.24) is 9.78 Å². The molecule has 0 amide bonds. The van der Waals surface area contributed by atoms with Crippen LogP contribution >= 0.6 is 23.2 Å². The number of aliphatic hydroxyl groups is 1. The van der Waals surface area contributed by atoms with E-state index in [0.29, 0.717) is 16.5 Å². The number of para-hydroxylation sites is 1. The van der Waals surface area contributed by atoms with Gasteiger partial charge in [0.15, 0.2) is 0 Å². The molecule has 120 valence electrons. The van der Waals surface area contributed by atoms with Crippen molar-refractivity contribution in [2.24, 2.45) is 0 Å². The molecule has 1 heterocycles. The molecule has 2 aromatic carbocycles. The molecule has 3 aromatic rings. The topological polar surface area (TPSA) is 38.1 Å². The summed E-state index contributed by atoms with van der Waals surface area (Å²) in [6, 6.07) is 16.9. The fraction of sp³-hybridized carbons (Fsp3) is 0.105. The van der Waals surface area contributed by atoms with Crippen LogP contribution in [0.4, 0.5) is 0 Å². The van der Waals surface area contributed by atoms with E-state index in [1.165, 1.54) is 0 Å². The summed E-state index contributed by atoms with van der Waals surface area (Å²) in [7, 11) is 0. The first-order valence-corrected chi connectivity index (χ1v) is 8.14. The zero-order valence-corrected chi connectivity index (χ0v) is 14.2. The molecule has 0 radical (unpaired) electrons. The Labute approximate surface area is 150 Å². The Morgan fingerprint density at radius 3 is 2.38 bits per heavy atom. The van der Waals surface area contributed by atoms with E-state index in [2.05, 4.69) is 16.9 Å². The molecule has 24 heavy (non-hydrogen) atoms. The Balaban J connectivity index is 2.11. The predicted molar refractivity (Wildman–Crippen MR) is 97.6 cm³/mol. The van der Waals surface area contributed by atoms with Crippen molar-refractivity contribution in [3.63, 3.8) is 0 Å². The van der Waals surface area contributed by atoms with Crippen LogP contribution in [0.15, 0.2) is 54.6 Å². The molecule has 0 saturated carbocycles. The highest BCUT2D eigenvalue weighted by molar-refractivity contribution is 6.35. The lowest BCUT2D eigenvalue weighted by molar-refractivity contribution is 0.305. The first-order valence-electron chi connectivity index (χ1n) is 7.39. The smallest absolute Gasteiger partial charge is 0.117 e. The number of hydrogen-bond acceptors (Lipinski definition) is 2. The van der Waals surface area contributed by atoms with Crippen molar-refractivity contribution in [3.05, 3.63) is 70.3 Å². The average molecular weight is 357 g/mol. The van der Waals surface area contributed by atoms with Crippen molar-refractivity contribution in [1.29, 1.82) is 0 Å². The molecule has 3 nitrogen and oxygen atoms in total. The Kier molecular flexibility index (Phi) is 5.22. The van der Waals surface area contributed by atoms with Gasteiger partial charge in [-0.15, -0.1) is 0 Å². The summed E-state index contributed by atoms with van der Waals surface area (Å²) in [6.45, 7) is 0.0310. The van der Waals surface area contributed by atoms with E-state index >= 15 is 0 Å². The standard InChI is InChI=1S/C19H14Cl2N2O/c20-15-10-14(11-16(21)12-15)19-13-18(8-4-5-9-24)23(22-19)17-6-2-1-3-7-17/h1-3,6-7,10-13,24H,5,9H2. The second-order valence-corrected chi connectivity index (χ2v) is 5.97. The minimum Gasteiger partial charge on any atom is -0.395 e. The van der Waals surface area contributed by atoms with Crippen LogP contribution in [0.25, 0.3) is 16.9 Å². The highest BCUT2D eigenvalue weighted by Gasteiger charge is 2.11. The largest absolute Gasteiger partial charge is 0.395 e. The quantitative estimate of drug-likeness (QED) is 0.697. The van der Waals surface area contributed by atoms with Gasteiger partial charge in [0, 0.05) is 28.1 Å². The van der Waals surface area contributed by atoms with Crippen molar-refractivity contribution < 1.29 is 5.11 Å². The maximum absolute atomic E-state index is 8.92. The van der Waals surface area contributed by atoms with Crippen LogP contribution < -0.4 is 0 Å². The van der Waals surface area contributed by atoms with Gasteiger partial charge < -0.3 is 5.11 Å². The van der Waals surface area contributed by atoms with Gasteiger partial charge in [-0.05, 0) is 36.3 Å². The Bertz CT molecular complexity index is 888. The van der Waals surface area contributed by atoms with E-state index in [1.54, 1.807) is 10.7 Å². The van der Waals surface area contributed by atoms with Crippen LogP contribution in [0.1, 0.15) is 12.1 Å². The van der Waals surface area contributed by atoms with Gasteiger partial charge in [-0.1, -0.05) is 47.3 Å². The Hall–Kier alpha value is -2.25. The Morgan fingerprint density at radius 2 is 1.71 bits per heavy atom. The van der Waals surface area contributed by atoms with E-state index in [-0.39, 0.29) is 6.61 Å². The molecular formula is C19H14Cl2N2O. The van der Waals surface area contributed by atoms with Crippen molar-refractivity contribution in [3.8, 4) is 28.8 Å². The highest BCUT2D eigenvalue weighted by Crippen LogP contribution is 2.27. The van der Waals surface area contributed by atoms with E-state index < -0.39 is 0 Å². The molecule has 1 N–H and O–H groups in total. The SMILES string of the molecule is OCCC#Cc1cc(-c2cc(Cl)cc(Cl)c2)nn1-c1ccccc1. The molecule has 0 unspecified atom stereocenters. The Morgan fingerprint density at radius 1 is 1.00 bits per heavy atom. The zero-order valence-electron chi connectivity index (χ0n) is 12.7. The molecule has 0 atom stereocenters. The normalized spacial score (nSPS) is 10.3. The second kappa shape index (κ2) is 7.55. The van der Waals surface area contributed by atoms with Gasteiger partial charge in [-0.2, -0.15) is 5.10 Å². The van der Waals surface area contributed by atoms with Gasteiger partial charge in [0.05, 0.1) is 18.0 Å². The summed E-state index contributed by atoms with van der Waals surface area (Å²) < 4.78 is 1.77. The zero-order chi connectivity index (χ0) is 16.9. The molecule has 0 aliphatic carbocycles. The number of rotatable bonds is 3. The van der Waals surface area contributed by atoms with Crippen molar-refractivity contribution >= 4 is 23.2 Å². The maximum Gasteiger partial charge on any atom is 0.117 e. The number of aromatic nitrogens is 2. The summed E-state index contributed by atoms with van der Waals surface area (Å²) in [5, 5.41) is 14.7. The van der Waals surface area contributed by atoms with E-state index in [1.807, 2.05) is 48.5 Å². The molecular weight excluding hydrogens is 343 g/mol. The number of benzene rings is 2. The van der Waals surface area contributed by atoms with Crippen molar-refractivity contribution in [2.75, 3.05) is 6.61 Å². The summed E-state index contributed by atoms with van der Waals surface area (Å²) >= 11 is 12.2. The molecule has 0 aliphatic rings.